The average Bonchev–Trinajstić information content (AvgIpc) is 2.90. The minimum atomic E-state index is -0.425. The fraction of sp³-hybridized carbons (Fsp3) is 0.450. The lowest BCUT2D eigenvalue weighted by Gasteiger charge is -2.21. The quantitative estimate of drug-likeness (QED) is 0.715. The Morgan fingerprint density at radius 3 is 2.44 bits per heavy atom. The molecule has 2 rings (SSSR count). The van der Waals surface area contributed by atoms with Crippen molar-refractivity contribution in [3.05, 3.63) is 59.0 Å². The van der Waals surface area contributed by atoms with Crippen LogP contribution in [-0.4, -0.2) is 23.8 Å². The lowest BCUT2D eigenvalue weighted by Crippen LogP contribution is -2.39. The van der Waals surface area contributed by atoms with Gasteiger partial charge in [0.05, 0.1) is 12.1 Å². The topological polar surface area (TPSA) is 74.5 Å². The molecule has 1 aromatic carbocycles. The molecular formula is C20H28N2O3. The number of aliphatic hydroxyl groups is 1. The van der Waals surface area contributed by atoms with Crippen molar-refractivity contribution in [3.63, 3.8) is 0 Å². The van der Waals surface area contributed by atoms with Crippen LogP contribution in [0.25, 0.3) is 0 Å². The molecule has 0 saturated carbocycles. The molecule has 3 unspecified atom stereocenters. The molecule has 2 aromatic rings. The monoisotopic (exact) mass is 344 g/mol. The lowest BCUT2D eigenvalue weighted by molar-refractivity contribution is 0.173. The van der Waals surface area contributed by atoms with Crippen molar-refractivity contribution in [1.82, 2.24) is 10.6 Å². The number of aryl methyl sites for hydroxylation is 2. The van der Waals surface area contributed by atoms with E-state index in [4.69, 9.17) is 4.42 Å². The molecule has 136 valence electrons. The van der Waals surface area contributed by atoms with Crippen LogP contribution < -0.4 is 10.6 Å². The van der Waals surface area contributed by atoms with E-state index in [0.717, 1.165) is 22.6 Å². The van der Waals surface area contributed by atoms with Gasteiger partial charge < -0.3 is 20.2 Å². The Morgan fingerprint density at radius 2 is 1.88 bits per heavy atom. The summed E-state index contributed by atoms with van der Waals surface area (Å²) in [5.41, 5.74) is 2.09. The van der Waals surface area contributed by atoms with Crippen LogP contribution in [0.2, 0.25) is 0 Å². The number of furan rings is 1. The highest BCUT2D eigenvalue weighted by Gasteiger charge is 2.18. The molecule has 0 aliphatic heterocycles. The molecule has 0 saturated heterocycles. The van der Waals surface area contributed by atoms with Crippen LogP contribution in [0, 0.1) is 13.8 Å². The third-order valence-corrected chi connectivity index (χ3v) is 4.30. The average molecular weight is 344 g/mol. The van der Waals surface area contributed by atoms with E-state index in [9.17, 15) is 9.90 Å². The molecule has 0 fully saturated rings. The Kier molecular flexibility index (Phi) is 6.65. The first-order chi connectivity index (χ1) is 11.9. The molecule has 3 atom stereocenters. The molecule has 0 bridgehead atoms. The molecule has 3 N–H and O–H groups in total. The summed E-state index contributed by atoms with van der Waals surface area (Å²) in [4.78, 5) is 12.3. The molecule has 5 nitrogen and oxygen atoms in total. The van der Waals surface area contributed by atoms with Crippen molar-refractivity contribution in [2.24, 2.45) is 0 Å². The van der Waals surface area contributed by atoms with Gasteiger partial charge in [-0.1, -0.05) is 30.3 Å². The van der Waals surface area contributed by atoms with Crippen LogP contribution in [-0.2, 0) is 0 Å². The summed E-state index contributed by atoms with van der Waals surface area (Å²) in [6, 6.07) is 11.5. The number of hydrogen-bond acceptors (Lipinski definition) is 3. The number of rotatable bonds is 7. The van der Waals surface area contributed by atoms with Gasteiger partial charge in [0, 0.05) is 18.0 Å². The Morgan fingerprint density at radius 1 is 1.20 bits per heavy atom. The zero-order valence-electron chi connectivity index (χ0n) is 15.4. The van der Waals surface area contributed by atoms with E-state index in [-0.39, 0.29) is 18.0 Å². The molecule has 0 radical (unpaired) electrons. The summed E-state index contributed by atoms with van der Waals surface area (Å²) in [6.07, 6.45) is 0.172. The van der Waals surface area contributed by atoms with Crippen molar-refractivity contribution < 1.29 is 14.3 Å². The van der Waals surface area contributed by atoms with E-state index in [1.165, 1.54) is 0 Å². The maximum absolute atomic E-state index is 12.3. The maximum atomic E-state index is 12.3. The van der Waals surface area contributed by atoms with Crippen LogP contribution >= 0.6 is 0 Å². The first-order valence-corrected chi connectivity index (χ1v) is 8.71. The highest BCUT2D eigenvalue weighted by atomic mass is 16.3. The highest BCUT2D eigenvalue weighted by Crippen LogP contribution is 2.22. The number of amides is 2. The minimum absolute atomic E-state index is 0.0696. The van der Waals surface area contributed by atoms with Gasteiger partial charge in [0.15, 0.2) is 0 Å². The van der Waals surface area contributed by atoms with E-state index in [0.29, 0.717) is 13.0 Å². The van der Waals surface area contributed by atoms with Crippen molar-refractivity contribution in [3.8, 4) is 0 Å². The second-order valence-electron chi connectivity index (χ2n) is 6.64. The van der Waals surface area contributed by atoms with Crippen LogP contribution in [0.4, 0.5) is 4.79 Å². The molecule has 0 aliphatic carbocycles. The number of carbonyl (C=O) groups is 1. The number of aliphatic hydroxyl groups excluding tert-OH is 1. The van der Waals surface area contributed by atoms with Gasteiger partial charge in [0.2, 0.25) is 0 Å². The van der Waals surface area contributed by atoms with Gasteiger partial charge in [-0.3, -0.25) is 0 Å². The predicted molar refractivity (Wildman–Crippen MR) is 98.6 cm³/mol. The van der Waals surface area contributed by atoms with E-state index in [1.54, 1.807) is 6.92 Å². The Labute approximate surface area is 149 Å². The summed E-state index contributed by atoms with van der Waals surface area (Å²) in [5.74, 6) is 1.73. The fourth-order valence-corrected chi connectivity index (χ4v) is 3.10. The Bertz CT molecular complexity index is 680. The third-order valence-electron chi connectivity index (χ3n) is 4.30. The number of hydrogen-bond donors (Lipinski definition) is 3. The molecular weight excluding hydrogens is 316 g/mol. The maximum Gasteiger partial charge on any atom is 0.315 e. The van der Waals surface area contributed by atoms with Crippen LogP contribution in [0.5, 0.6) is 0 Å². The Balaban J connectivity index is 1.93. The minimum Gasteiger partial charge on any atom is -0.466 e. The third kappa shape index (κ3) is 5.64. The summed E-state index contributed by atoms with van der Waals surface area (Å²) in [5, 5.41) is 15.6. The van der Waals surface area contributed by atoms with Gasteiger partial charge in [-0.15, -0.1) is 0 Å². The number of carbonyl (C=O) groups excluding carboxylic acids is 1. The summed E-state index contributed by atoms with van der Waals surface area (Å²) >= 11 is 0. The smallest absolute Gasteiger partial charge is 0.315 e. The molecule has 5 heteroatoms. The van der Waals surface area contributed by atoms with Gasteiger partial charge in [0.25, 0.3) is 0 Å². The van der Waals surface area contributed by atoms with E-state index in [2.05, 4.69) is 10.6 Å². The SMILES string of the molecule is Cc1cc(C(C)NC(=O)NCC(CC(C)O)c2ccccc2)c(C)o1. The van der Waals surface area contributed by atoms with Gasteiger partial charge in [-0.25, -0.2) is 4.79 Å². The zero-order chi connectivity index (χ0) is 18.4. The molecule has 25 heavy (non-hydrogen) atoms. The molecule has 2 amide bonds. The molecule has 0 spiro atoms. The van der Waals surface area contributed by atoms with Gasteiger partial charge in [0.1, 0.15) is 11.5 Å². The van der Waals surface area contributed by atoms with Crippen molar-refractivity contribution in [2.75, 3.05) is 6.54 Å². The second kappa shape index (κ2) is 8.72. The second-order valence-corrected chi connectivity index (χ2v) is 6.64. The van der Waals surface area contributed by atoms with E-state index >= 15 is 0 Å². The van der Waals surface area contributed by atoms with Gasteiger partial charge in [-0.05, 0) is 45.7 Å². The van der Waals surface area contributed by atoms with Crippen LogP contribution in [0.15, 0.2) is 40.8 Å². The highest BCUT2D eigenvalue weighted by molar-refractivity contribution is 5.74. The summed E-state index contributed by atoms with van der Waals surface area (Å²) in [7, 11) is 0. The van der Waals surface area contributed by atoms with Crippen molar-refractivity contribution in [2.45, 2.75) is 52.2 Å². The fourth-order valence-electron chi connectivity index (χ4n) is 3.10. The first-order valence-electron chi connectivity index (χ1n) is 8.71. The van der Waals surface area contributed by atoms with Crippen LogP contribution in [0.1, 0.15) is 54.9 Å². The van der Waals surface area contributed by atoms with Crippen molar-refractivity contribution >= 4 is 6.03 Å². The van der Waals surface area contributed by atoms with Crippen LogP contribution in [0.3, 0.4) is 0 Å². The van der Waals surface area contributed by atoms with Gasteiger partial charge >= 0.3 is 6.03 Å². The lowest BCUT2D eigenvalue weighted by atomic mass is 9.93. The Hall–Kier alpha value is -2.27. The normalized spacial score (nSPS) is 14.6. The zero-order valence-corrected chi connectivity index (χ0v) is 15.4. The van der Waals surface area contributed by atoms with E-state index in [1.807, 2.05) is 57.2 Å². The van der Waals surface area contributed by atoms with Gasteiger partial charge in [-0.2, -0.15) is 0 Å². The molecule has 1 aromatic heterocycles. The summed E-state index contributed by atoms with van der Waals surface area (Å²) in [6.45, 7) is 7.95. The van der Waals surface area contributed by atoms with E-state index < -0.39 is 6.10 Å². The number of nitrogens with one attached hydrogen (secondary N) is 2. The standard InChI is InChI=1S/C20H28N2O3/c1-13(23)10-18(17-8-6-5-7-9-17)12-21-20(24)22-15(3)19-11-14(2)25-16(19)4/h5-9,11,13,15,18,23H,10,12H2,1-4H3,(H2,21,22,24). The predicted octanol–water partition coefficient (Wildman–Crippen LogP) is 3.81. The molecule has 1 heterocycles. The summed E-state index contributed by atoms with van der Waals surface area (Å²) < 4.78 is 5.52. The largest absolute Gasteiger partial charge is 0.466 e. The molecule has 0 aliphatic rings. The number of benzene rings is 1. The number of urea groups is 1. The first kappa shape index (κ1) is 19.1. The van der Waals surface area contributed by atoms with Crippen molar-refractivity contribution in [1.29, 1.82) is 0 Å².